The Morgan fingerprint density at radius 1 is 0.289 bits per heavy atom. The molecule has 0 aliphatic carbocycles. The van der Waals surface area contributed by atoms with Crippen molar-refractivity contribution in [1.82, 2.24) is 29.1 Å². The summed E-state index contributed by atoms with van der Waals surface area (Å²) < 4.78 is 4.91. The third-order valence-corrected chi connectivity index (χ3v) is 15.0. The van der Waals surface area contributed by atoms with Gasteiger partial charge in [-0.3, -0.25) is 4.98 Å². The Morgan fingerprint density at radius 2 is 0.750 bits per heavy atom. The molecule has 0 aliphatic heterocycles. The minimum Gasteiger partial charge on any atom is -0.309 e. The Kier molecular flexibility index (Phi) is 10.8. The molecule has 10 aromatic carbocycles. The Balaban J connectivity index is 1.10. The van der Waals surface area contributed by atoms with E-state index in [2.05, 4.69) is 223 Å². The smallest absolute Gasteiger partial charge is 0.164 e. The molecule has 0 spiro atoms. The van der Waals surface area contributed by atoms with E-state index >= 15 is 0 Å². The molecule has 0 fully saturated rings. The van der Waals surface area contributed by atoms with E-state index in [9.17, 15) is 0 Å². The van der Waals surface area contributed by atoms with Crippen LogP contribution >= 0.6 is 0 Å². The van der Waals surface area contributed by atoms with Crippen molar-refractivity contribution in [2.75, 3.05) is 0 Å². The fourth-order valence-corrected chi connectivity index (χ4v) is 11.4. The minimum absolute atomic E-state index is 0.576. The highest BCUT2D eigenvalue weighted by Crippen LogP contribution is 2.47. The molecule has 0 aliphatic rings. The number of hydrogen-bond acceptors (Lipinski definition) is 4. The van der Waals surface area contributed by atoms with Crippen LogP contribution in [0.15, 0.2) is 255 Å². The minimum atomic E-state index is 0.576. The lowest BCUT2D eigenvalue weighted by molar-refractivity contribution is 1.07. The van der Waals surface area contributed by atoms with E-state index in [1.165, 1.54) is 54.9 Å². The summed E-state index contributed by atoms with van der Waals surface area (Å²) in [6, 6.07) is 86.8. The van der Waals surface area contributed by atoms with Gasteiger partial charge in [0.2, 0.25) is 0 Å². The van der Waals surface area contributed by atoms with Gasteiger partial charge >= 0.3 is 0 Å². The lowest BCUT2D eigenvalue weighted by Crippen LogP contribution is -2.05. The van der Waals surface area contributed by atoms with Crippen molar-refractivity contribution in [2.24, 2.45) is 0 Å². The second-order valence-electron chi connectivity index (χ2n) is 19.5. The van der Waals surface area contributed by atoms with E-state index in [4.69, 9.17) is 19.9 Å². The molecule has 0 saturated heterocycles. The van der Waals surface area contributed by atoms with Crippen LogP contribution in [0.1, 0.15) is 11.1 Å². The molecule has 0 saturated carbocycles. The zero-order chi connectivity index (χ0) is 50.7. The fraction of sp³-hybridized carbons (Fsp3) is 0.0286. The number of para-hydroxylation sites is 2. The Morgan fingerprint density at radius 3 is 1.30 bits per heavy atom. The van der Waals surface area contributed by atoms with E-state index in [0.717, 1.165) is 72.4 Å². The summed E-state index contributed by atoms with van der Waals surface area (Å²) >= 11 is 0. The number of rotatable bonds is 9. The third-order valence-electron chi connectivity index (χ3n) is 15.0. The van der Waals surface area contributed by atoms with E-state index in [0.29, 0.717) is 17.5 Å². The van der Waals surface area contributed by atoms with E-state index in [1.54, 1.807) is 0 Å². The highest BCUT2D eigenvalue weighted by molar-refractivity contribution is 6.13. The lowest BCUT2D eigenvalue weighted by atomic mass is 9.91. The standard InChI is InChI=1S/C70H48N6/c1-45-19-9-11-26-53(45)49-34-37-63-58(41-49)56-28-13-15-31-61(56)75(63)65-39-36-51(70-73-68(47-21-5-3-6-22-47)72-69(74-70)48-23-7-4-8-24-48)43-60(65)67-55(52-25-18-40-71-44-52)30-17-33-66(67)76-62-32-16-14-29-57(62)59-42-50(35-38-64(59)76)54-27-12-10-20-46(54)2/h3-44H,1-2H3. The number of fused-ring (bicyclic) bond motifs is 6. The lowest BCUT2D eigenvalue weighted by Gasteiger charge is -2.22. The van der Waals surface area contributed by atoms with Crippen LogP contribution in [0.3, 0.4) is 0 Å². The number of nitrogens with zero attached hydrogens (tertiary/aromatic N) is 6. The van der Waals surface area contributed by atoms with Crippen LogP contribution in [-0.4, -0.2) is 29.1 Å². The van der Waals surface area contributed by atoms with Gasteiger partial charge in [-0.2, -0.15) is 0 Å². The maximum absolute atomic E-state index is 5.30. The van der Waals surface area contributed by atoms with Gasteiger partial charge in [0, 0.05) is 67.3 Å². The molecule has 4 heterocycles. The average molecular weight is 973 g/mol. The van der Waals surface area contributed by atoms with Gasteiger partial charge < -0.3 is 9.13 Å². The van der Waals surface area contributed by atoms with Gasteiger partial charge in [0.15, 0.2) is 17.5 Å². The van der Waals surface area contributed by atoms with Gasteiger partial charge in [-0.25, -0.2) is 15.0 Å². The van der Waals surface area contributed by atoms with E-state index < -0.39 is 0 Å². The molecular formula is C70H48N6. The maximum Gasteiger partial charge on any atom is 0.164 e. The molecule has 0 atom stereocenters. The molecular weight excluding hydrogens is 925 g/mol. The molecule has 0 unspecified atom stereocenters. The van der Waals surface area contributed by atoms with Crippen molar-refractivity contribution in [3.63, 3.8) is 0 Å². The zero-order valence-corrected chi connectivity index (χ0v) is 41.9. The molecule has 14 rings (SSSR count). The summed E-state index contributed by atoms with van der Waals surface area (Å²) in [4.78, 5) is 20.4. The normalized spacial score (nSPS) is 11.6. The van der Waals surface area contributed by atoms with Crippen LogP contribution in [0, 0.1) is 13.8 Å². The fourth-order valence-electron chi connectivity index (χ4n) is 11.4. The first-order valence-electron chi connectivity index (χ1n) is 25.8. The van der Waals surface area contributed by atoms with E-state index in [1.807, 2.05) is 54.9 Å². The molecule has 6 heteroatoms. The first-order valence-corrected chi connectivity index (χ1v) is 25.8. The van der Waals surface area contributed by atoms with Crippen molar-refractivity contribution in [3.8, 4) is 90.0 Å². The summed E-state index contributed by atoms with van der Waals surface area (Å²) in [5.41, 5.74) is 20.5. The quantitative estimate of drug-likeness (QED) is 0.145. The number of pyridine rings is 1. The van der Waals surface area contributed by atoms with Crippen LogP contribution < -0.4 is 0 Å². The van der Waals surface area contributed by atoms with Gasteiger partial charge in [-0.15, -0.1) is 0 Å². The first-order chi connectivity index (χ1) is 37.5. The number of aryl methyl sites for hydroxylation is 2. The Labute approximate surface area is 440 Å². The summed E-state index contributed by atoms with van der Waals surface area (Å²) in [6.07, 6.45) is 3.82. The van der Waals surface area contributed by atoms with Crippen LogP contribution in [0.5, 0.6) is 0 Å². The molecule has 4 aromatic heterocycles. The highest BCUT2D eigenvalue weighted by atomic mass is 15.0. The average Bonchev–Trinajstić information content (AvgIpc) is 4.00. The van der Waals surface area contributed by atoms with Crippen molar-refractivity contribution in [2.45, 2.75) is 13.8 Å². The Bertz CT molecular complexity index is 4480. The predicted molar refractivity (Wildman–Crippen MR) is 314 cm³/mol. The predicted octanol–water partition coefficient (Wildman–Crippen LogP) is 17.7. The Hall–Kier alpha value is -10.0. The number of aromatic nitrogens is 6. The van der Waals surface area contributed by atoms with Crippen LogP contribution in [-0.2, 0) is 0 Å². The molecule has 0 radical (unpaired) electrons. The largest absolute Gasteiger partial charge is 0.309 e. The second-order valence-corrected chi connectivity index (χ2v) is 19.5. The van der Waals surface area contributed by atoms with Crippen LogP contribution in [0.2, 0.25) is 0 Å². The summed E-state index contributed by atoms with van der Waals surface area (Å²) in [6.45, 7) is 4.37. The van der Waals surface area contributed by atoms with Gasteiger partial charge in [-0.1, -0.05) is 176 Å². The van der Waals surface area contributed by atoms with Gasteiger partial charge in [0.1, 0.15) is 0 Å². The summed E-state index contributed by atoms with van der Waals surface area (Å²) in [5, 5.41) is 4.71. The molecule has 6 nitrogen and oxygen atoms in total. The second kappa shape index (κ2) is 18.5. The van der Waals surface area contributed by atoms with Gasteiger partial charge in [0.05, 0.1) is 33.4 Å². The van der Waals surface area contributed by atoms with E-state index in [-0.39, 0.29) is 0 Å². The van der Waals surface area contributed by atoms with Gasteiger partial charge in [0.25, 0.3) is 0 Å². The van der Waals surface area contributed by atoms with Crippen LogP contribution in [0.4, 0.5) is 0 Å². The topological polar surface area (TPSA) is 61.4 Å². The van der Waals surface area contributed by atoms with Crippen molar-refractivity contribution < 1.29 is 0 Å². The van der Waals surface area contributed by atoms with Crippen molar-refractivity contribution >= 4 is 43.6 Å². The monoisotopic (exact) mass is 972 g/mol. The highest BCUT2D eigenvalue weighted by Gasteiger charge is 2.25. The number of hydrogen-bond donors (Lipinski definition) is 0. The first kappa shape index (κ1) is 44.6. The molecule has 76 heavy (non-hydrogen) atoms. The number of benzene rings is 10. The molecule has 0 bridgehead atoms. The molecule has 14 aromatic rings. The molecule has 0 amide bonds. The molecule has 358 valence electrons. The molecule has 0 N–H and O–H groups in total. The zero-order valence-electron chi connectivity index (χ0n) is 41.9. The third kappa shape index (κ3) is 7.57. The van der Waals surface area contributed by atoms with Crippen molar-refractivity contribution in [1.29, 1.82) is 0 Å². The van der Waals surface area contributed by atoms with Crippen molar-refractivity contribution in [3.05, 3.63) is 266 Å². The SMILES string of the molecule is Cc1ccccc1-c1ccc2c(c1)c1ccccc1n2-c1ccc(-c2nc(-c3ccccc3)nc(-c3ccccc3)n2)cc1-c1c(-c2cccnc2)cccc1-n1c2ccccc2c2cc(-c3ccccc3C)ccc21. The summed E-state index contributed by atoms with van der Waals surface area (Å²) in [5.74, 6) is 1.79. The van der Waals surface area contributed by atoms with Crippen LogP contribution in [0.25, 0.3) is 134 Å². The summed E-state index contributed by atoms with van der Waals surface area (Å²) in [7, 11) is 0. The van der Waals surface area contributed by atoms with Gasteiger partial charge in [-0.05, 0) is 120 Å². The maximum atomic E-state index is 5.30.